The molecule has 0 radical (unpaired) electrons. The zero-order valence-electron chi connectivity index (χ0n) is 11.7. The Labute approximate surface area is 119 Å². The number of nitrogens with one attached hydrogen (secondary N) is 1. The standard InChI is InChI=1S/C16H18N4/c1-12-14(10-17)16(20-8-3-2-4-9-20)19-15(12)13-6-5-7-18-11-13/h5-7,11,19H,2-4,8-9H2,1H3. The van der Waals surface area contributed by atoms with E-state index in [1.54, 1.807) is 6.20 Å². The molecule has 4 nitrogen and oxygen atoms in total. The Kier molecular flexibility index (Phi) is 3.42. The van der Waals surface area contributed by atoms with Crippen molar-refractivity contribution >= 4 is 5.82 Å². The molecule has 1 aliphatic heterocycles. The van der Waals surface area contributed by atoms with E-state index in [-0.39, 0.29) is 0 Å². The van der Waals surface area contributed by atoms with Gasteiger partial charge in [-0.15, -0.1) is 0 Å². The summed E-state index contributed by atoms with van der Waals surface area (Å²) in [6, 6.07) is 6.30. The molecular formula is C16H18N4. The van der Waals surface area contributed by atoms with E-state index in [4.69, 9.17) is 0 Å². The van der Waals surface area contributed by atoms with Gasteiger partial charge in [0.05, 0.1) is 11.3 Å². The molecule has 0 aromatic carbocycles. The first-order chi connectivity index (χ1) is 9.81. The zero-order chi connectivity index (χ0) is 13.9. The van der Waals surface area contributed by atoms with Gasteiger partial charge in [0, 0.05) is 31.0 Å². The minimum absolute atomic E-state index is 0.769. The topological polar surface area (TPSA) is 55.7 Å². The third-order valence-corrected chi connectivity index (χ3v) is 3.96. The lowest BCUT2D eigenvalue weighted by molar-refractivity contribution is 0.574. The van der Waals surface area contributed by atoms with E-state index < -0.39 is 0 Å². The van der Waals surface area contributed by atoms with E-state index in [0.29, 0.717) is 0 Å². The van der Waals surface area contributed by atoms with Crippen molar-refractivity contribution in [3.63, 3.8) is 0 Å². The van der Waals surface area contributed by atoms with Gasteiger partial charge in [0.1, 0.15) is 11.9 Å². The number of hydrogen-bond acceptors (Lipinski definition) is 3. The van der Waals surface area contributed by atoms with Crippen molar-refractivity contribution < 1.29 is 0 Å². The second-order valence-corrected chi connectivity index (χ2v) is 5.25. The summed E-state index contributed by atoms with van der Waals surface area (Å²) in [6.07, 6.45) is 7.28. The molecule has 3 rings (SSSR count). The predicted molar refractivity (Wildman–Crippen MR) is 79.5 cm³/mol. The van der Waals surface area contributed by atoms with Crippen LogP contribution in [-0.2, 0) is 0 Å². The Bertz CT molecular complexity index is 630. The maximum atomic E-state index is 9.48. The number of rotatable bonds is 2. The molecule has 0 bridgehead atoms. The smallest absolute Gasteiger partial charge is 0.124 e. The number of hydrogen-bond donors (Lipinski definition) is 1. The van der Waals surface area contributed by atoms with Gasteiger partial charge in [-0.05, 0) is 43.9 Å². The van der Waals surface area contributed by atoms with Crippen molar-refractivity contribution in [1.29, 1.82) is 5.26 Å². The summed E-state index contributed by atoms with van der Waals surface area (Å²) < 4.78 is 0. The van der Waals surface area contributed by atoms with Crippen molar-refractivity contribution in [2.24, 2.45) is 0 Å². The maximum Gasteiger partial charge on any atom is 0.124 e. The highest BCUT2D eigenvalue weighted by atomic mass is 15.2. The Morgan fingerprint density at radius 3 is 2.75 bits per heavy atom. The quantitative estimate of drug-likeness (QED) is 0.907. The lowest BCUT2D eigenvalue weighted by atomic mass is 10.1. The van der Waals surface area contributed by atoms with E-state index in [9.17, 15) is 5.26 Å². The summed E-state index contributed by atoms with van der Waals surface area (Å²) >= 11 is 0. The first-order valence-corrected chi connectivity index (χ1v) is 7.09. The van der Waals surface area contributed by atoms with Crippen LogP contribution in [0.15, 0.2) is 24.5 Å². The molecule has 2 aromatic heterocycles. The van der Waals surface area contributed by atoms with Gasteiger partial charge in [-0.3, -0.25) is 4.98 Å². The van der Waals surface area contributed by atoms with Gasteiger partial charge < -0.3 is 9.88 Å². The lowest BCUT2D eigenvalue weighted by Gasteiger charge is -2.27. The number of aromatic nitrogens is 2. The summed E-state index contributed by atoms with van der Waals surface area (Å²) in [5.41, 5.74) is 3.83. The second kappa shape index (κ2) is 5.38. The van der Waals surface area contributed by atoms with E-state index in [0.717, 1.165) is 41.3 Å². The number of aromatic amines is 1. The Balaban J connectivity index is 2.05. The van der Waals surface area contributed by atoms with Gasteiger partial charge >= 0.3 is 0 Å². The van der Waals surface area contributed by atoms with Crippen molar-refractivity contribution in [1.82, 2.24) is 9.97 Å². The fourth-order valence-electron chi connectivity index (χ4n) is 2.87. The molecule has 20 heavy (non-hydrogen) atoms. The molecule has 1 aliphatic rings. The van der Waals surface area contributed by atoms with Gasteiger partial charge in [0.2, 0.25) is 0 Å². The molecule has 0 amide bonds. The highest BCUT2D eigenvalue weighted by Crippen LogP contribution is 2.32. The van der Waals surface area contributed by atoms with Gasteiger partial charge in [-0.1, -0.05) is 0 Å². The first kappa shape index (κ1) is 12.7. The fourth-order valence-corrected chi connectivity index (χ4v) is 2.87. The average Bonchev–Trinajstić information content (AvgIpc) is 2.86. The number of anilines is 1. The average molecular weight is 266 g/mol. The monoisotopic (exact) mass is 266 g/mol. The van der Waals surface area contributed by atoms with E-state index in [2.05, 4.69) is 20.9 Å². The number of H-pyrrole nitrogens is 1. The zero-order valence-corrected chi connectivity index (χ0v) is 11.7. The van der Waals surface area contributed by atoms with E-state index in [1.807, 2.05) is 25.3 Å². The molecule has 2 aromatic rings. The SMILES string of the molecule is Cc1c(-c2cccnc2)[nH]c(N2CCCCC2)c1C#N. The summed E-state index contributed by atoms with van der Waals surface area (Å²) in [5, 5.41) is 9.48. The van der Waals surface area contributed by atoms with Crippen LogP contribution in [0.2, 0.25) is 0 Å². The lowest BCUT2D eigenvalue weighted by Crippen LogP contribution is -2.30. The molecule has 1 N–H and O–H groups in total. The Hall–Kier alpha value is -2.28. The normalized spacial score (nSPS) is 15.1. The van der Waals surface area contributed by atoms with Crippen LogP contribution in [0.4, 0.5) is 5.82 Å². The molecule has 102 valence electrons. The van der Waals surface area contributed by atoms with Crippen LogP contribution in [0.25, 0.3) is 11.3 Å². The van der Waals surface area contributed by atoms with Crippen molar-refractivity contribution in [3.05, 3.63) is 35.7 Å². The molecule has 3 heterocycles. The fraction of sp³-hybridized carbons (Fsp3) is 0.375. The largest absolute Gasteiger partial charge is 0.357 e. The summed E-state index contributed by atoms with van der Waals surface area (Å²) in [6.45, 7) is 4.06. The molecule has 0 atom stereocenters. The van der Waals surface area contributed by atoms with Gasteiger partial charge in [-0.2, -0.15) is 5.26 Å². The number of piperidine rings is 1. The summed E-state index contributed by atoms with van der Waals surface area (Å²) in [5.74, 6) is 0.976. The van der Waals surface area contributed by atoms with Crippen LogP contribution in [0.1, 0.15) is 30.4 Å². The third kappa shape index (κ3) is 2.16. The second-order valence-electron chi connectivity index (χ2n) is 5.25. The molecule has 0 saturated carbocycles. The van der Waals surface area contributed by atoms with Crippen LogP contribution in [-0.4, -0.2) is 23.1 Å². The number of nitriles is 1. The summed E-state index contributed by atoms with van der Waals surface area (Å²) in [7, 11) is 0. The van der Waals surface area contributed by atoms with Gasteiger partial charge in [0.15, 0.2) is 0 Å². The number of nitrogens with zero attached hydrogens (tertiary/aromatic N) is 3. The third-order valence-electron chi connectivity index (χ3n) is 3.96. The highest BCUT2D eigenvalue weighted by Gasteiger charge is 2.21. The molecule has 1 fully saturated rings. The van der Waals surface area contributed by atoms with E-state index in [1.165, 1.54) is 19.3 Å². The summed E-state index contributed by atoms with van der Waals surface area (Å²) in [4.78, 5) is 9.91. The molecule has 4 heteroatoms. The molecular weight excluding hydrogens is 248 g/mol. The Morgan fingerprint density at radius 2 is 2.10 bits per heavy atom. The van der Waals surface area contributed by atoms with Crippen LogP contribution < -0.4 is 4.90 Å². The van der Waals surface area contributed by atoms with Crippen molar-refractivity contribution in [2.75, 3.05) is 18.0 Å². The predicted octanol–water partition coefficient (Wildman–Crippen LogP) is 3.25. The minimum Gasteiger partial charge on any atom is -0.357 e. The van der Waals surface area contributed by atoms with Crippen LogP contribution in [0.5, 0.6) is 0 Å². The van der Waals surface area contributed by atoms with Gasteiger partial charge in [0.25, 0.3) is 0 Å². The molecule has 0 unspecified atom stereocenters. The number of pyridine rings is 1. The minimum atomic E-state index is 0.769. The molecule has 0 aliphatic carbocycles. The highest BCUT2D eigenvalue weighted by molar-refractivity contribution is 5.73. The maximum absolute atomic E-state index is 9.48. The molecule has 0 spiro atoms. The van der Waals surface area contributed by atoms with Crippen LogP contribution >= 0.6 is 0 Å². The van der Waals surface area contributed by atoms with E-state index >= 15 is 0 Å². The van der Waals surface area contributed by atoms with Crippen molar-refractivity contribution in [3.8, 4) is 17.3 Å². The first-order valence-electron chi connectivity index (χ1n) is 7.09. The van der Waals surface area contributed by atoms with Crippen LogP contribution in [0, 0.1) is 18.3 Å². The van der Waals surface area contributed by atoms with Crippen molar-refractivity contribution in [2.45, 2.75) is 26.2 Å². The molecule has 1 saturated heterocycles. The van der Waals surface area contributed by atoms with Gasteiger partial charge in [-0.25, -0.2) is 0 Å². The Morgan fingerprint density at radius 1 is 1.30 bits per heavy atom. The van der Waals surface area contributed by atoms with Crippen LogP contribution in [0.3, 0.4) is 0 Å².